The SMILES string of the molecule is Cc1cccc(N(C)C(=O)NC(C(=O)O)C(C)C)c1. The molecule has 0 aliphatic carbocycles. The molecule has 0 bridgehead atoms. The van der Waals surface area contributed by atoms with Gasteiger partial charge in [-0.05, 0) is 30.5 Å². The molecule has 19 heavy (non-hydrogen) atoms. The minimum absolute atomic E-state index is 0.174. The molecule has 0 saturated heterocycles. The van der Waals surface area contributed by atoms with Crippen LogP contribution < -0.4 is 10.2 Å². The summed E-state index contributed by atoms with van der Waals surface area (Å²) in [6.45, 7) is 5.45. The summed E-state index contributed by atoms with van der Waals surface area (Å²) >= 11 is 0. The van der Waals surface area contributed by atoms with Crippen molar-refractivity contribution in [2.24, 2.45) is 5.92 Å². The Bertz CT molecular complexity index is 472. The molecule has 2 N–H and O–H groups in total. The van der Waals surface area contributed by atoms with Crippen LogP contribution in [0.1, 0.15) is 19.4 Å². The van der Waals surface area contributed by atoms with E-state index in [1.54, 1.807) is 27.0 Å². The zero-order valence-electron chi connectivity index (χ0n) is 11.7. The number of benzene rings is 1. The van der Waals surface area contributed by atoms with Crippen LogP contribution in [-0.2, 0) is 4.79 Å². The van der Waals surface area contributed by atoms with Crippen molar-refractivity contribution in [1.29, 1.82) is 0 Å². The van der Waals surface area contributed by atoms with Gasteiger partial charge < -0.3 is 10.4 Å². The molecule has 1 unspecified atom stereocenters. The minimum Gasteiger partial charge on any atom is -0.480 e. The quantitative estimate of drug-likeness (QED) is 0.876. The summed E-state index contributed by atoms with van der Waals surface area (Å²) in [5, 5.41) is 11.6. The first-order chi connectivity index (χ1) is 8.82. The van der Waals surface area contributed by atoms with E-state index in [-0.39, 0.29) is 5.92 Å². The number of anilines is 1. The lowest BCUT2D eigenvalue weighted by Crippen LogP contribution is -2.49. The van der Waals surface area contributed by atoms with Crippen LogP contribution >= 0.6 is 0 Å². The summed E-state index contributed by atoms with van der Waals surface area (Å²) in [6, 6.07) is 6.14. The summed E-state index contributed by atoms with van der Waals surface area (Å²) in [5.41, 5.74) is 1.76. The van der Waals surface area contributed by atoms with Gasteiger partial charge in [0, 0.05) is 12.7 Å². The Kier molecular flexibility index (Phi) is 4.92. The van der Waals surface area contributed by atoms with Gasteiger partial charge in [0.05, 0.1) is 0 Å². The Morgan fingerprint density at radius 3 is 2.42 bits per heavy atom. The standard InChI is InChI=1S/C14H20N2O3/c1-9(2)12(13(17)18)15-14(19)16(4)11-7-5-6-10(3)8-11/h5-9,12H,1-4H3,(H,15,19)(H,17,18). The molecule has 0 aliphatic heterocycles. The van der Waals surface area contributed by atoms with E-state index >= 15 is 0 Å². The molecule has 104 valence electrons. The van der Waals surface area contributed by atoms with Crippen molar-refractivity contribution >= 4 is 17.7 Å². The van der Waals surface area contributed by atoms with Gasteiger partial charge >= 0.3 is 12.0 Å². The number of hydrogen-bond acceptors (Lipinski definition) is 2. The number of aliphatic carboxylic acids is 1. The number of aryl methyl sites for hydroxylation is 1. The zero-order chi connectivity index (χ0) is 14.6. The molecule has 0 saturated carbocycles. The van der Waals surface area contributed by atoms with E-state index in [0.29, 0.717) is 0 Å². The Labute approximate surface area is 113 Å². The summed E-state index contributed by atoms with van der Waals surface area (Å²) in [5.74, 6) is -1.20. The maximum Gasteiger partial charge on any atom is 0.326 e. The van der Waals surface area contributed by atoms with Gasteiger partial charge in [0.25, 0.3) is 0 Å². The molecule has 0 fully saturated rings. The molecule has 0 heterocycles. The van der Waals surface area contributed by atoms with Crippen molar-refractivity contribution in [3.8, 4) is 0 Å². The lowest BCUT2D eigenvalue weighted by Gasteiger charge is -2.23. The maximum atomic E-state index is 12.0. The summed E-state index contributed by atoms with van der Waals surface area (Å²) in [6.07, 6.45) is 0. The molecule has 0 spiro atoms. The van der Waals surface area contributed by atoms with Crippen molar-refractivity contribution in [3.05, 3.63) is 29.8 Å². The predicted octanol–water partition coefficient (Wildman–Crippen LogP) is 2.25. The monoisotopic (exact) mass is 264 g/mol. The number of carboxylic acid groups (broad SMARTS) is 1. The van der Waals surface area contributed by atoms with Crippen LogP contribution in [0.15, 0.2) is 24.3 Å². The lowest BCUT2D eigenvalue weighted by molar-refractivity contribution is -0.140. The fraction of sp³-hybridized carbons (Fsp3) is 0.429. The minimum atomic E-state index is -1.03. The number of rotatable bonds is 4. The van der Waals surface area contributed by atoms with E-state index in [9.17, 15) is 9.59 Å². The molecular formula is C14H20N2O3. The molecule has 0 aromatic heterocycles. The van der Waals surface area contributed by atoms with Crippen LogP contribution in [0.5, 0.6) is 0 Å². The van der Waals surface area contributed by atoms with Crippen molar-refractivity contribution < 1.29 is 14.7 Å². The average molecular weight is 264 g/mol. The van der Waals surface area contributed by atoms with E-state index in [4.69, 9.17) is 5.11 Å². The van der Waals surface area contributed by atoms with Crippen LogP contribution in [0, 0.1) is 12.8 Å². The summed E-state index contributed by atoms with van der Waals surface area (Å²) in [7, 11) is 1.61. The van der Waals surface area contributed by atoms with Crippen molar-refractivity contribution in [2.75, 3.05) is 11.9 Å². The molecule has 0 radical (unpaired) electrons. The highest BCUT2D eigenvalue weighted by molar-refractivity contribution is 5.94. The second-order valence-electron chi connectivity index (χ2n) is 4.91. The number of amides is 2. The summed E-state index contributed by atoms with van der Waals surface area (Å²) < 4.78 is 0. The molecule has 1 aromatic carbocycles. The van der Waals surface area contributed by atoms with E-state index in [1.165, 1.54) is 4.90 Å². The fourth-order valence-corrected chi connectivity index (χ4v) is 1.70. The highest BCUT2D eigenvalue weighted by Crippen LogP contribution is 2.14. The van der Waals surface area contributed by atoms with Gasteiger partial charge in [0.15, 0.2) is 0 Å². The second-order valence-corrected chi connectivity index (χ2v) is 4.91. The smallest absolute Gasteiger partial charge is 0.326 e. The van der Waals surface area contributed by atoms with Gasteiger partial charge in [0.2, 0.25) is 0 Å². The van der Waals surface area contributed by atoms with E-state index in [2.05, 4.69) is 5.32 Å². The lowest BCUT2D eigenvalue weighted by atomic mass is 10.1. The number of carboxylic acids is 1. The number of hydrogen-bond donors (Lipinski definition) is 2. The van der Waals surface area contributed by atoms with Gasteiger partial charge in [-0.25, -0.2) is 9.59 Å². The molecule has 1 aromatic rings. The zero-order valence-corrected chi connectivity index (χ0v) is 11.7. The first-order valence-corrected chi connectivity index (χ1v) is 6.16. The van der Waals surface area contributed by atoms with E-state index < -0.39 is 18.0 Å². The molecule has 2 amide bonds. The van der Waals surface area contributed by atoms with Crippen LogP contribution in [0.4, 0.5) is 10.5 Å². The maximum absolute atomic E-state index is 12.0. The van der Waals surface area contributed by atoms with Crippen LogP contribution in [-0.4, -0.2) is 30.2 Å². The molecule has 1 rings (SSSR count). The van der Waals surface area contributed by atoms with E-state index in [1.807, 2.05) is 25.1 Å². The highest BCUT2D eigenvalue weighted by Gasteiger charge is 2.25. The Morgan fingerprint density at radius 2 is 1.95 bits per heavy atom. The predicted molar refractivity (Wildman–Crippen MR) is 74.4 cm³/mol. The fourth-order valence-electron chi connectivity index (χ4n) is 1.70. The van der Waals surface area contributed by atoms with Gasteiger partial charge in [-0.1, -0.05) is 26.0 Å². The third-order valence-electron chi connectivity index (χ3n) is 2.91. The van der Waals surface area contributed by atoms with Gasteiger partial charge in [-0.3, -0.25) is 4.90 Å². The largest absolute Gasteiger partial charge is 0.480 e. The summed E-state index contributed by atoms with van der Waals surface area (Å²) in [4.78, 5) is 24.5. The topological polar surface area (TPSA) is 69.6 Å². The van der Waals surface area contributed by atoms with E-state index in [0.717, 1.165) is 11.3 Å². The molecular weight excluding hydrogens is 244 g/mol. The van der Waals surface area contributed by atoms with Crippen LogP contribution in [0.25, 0.3) is 0 Å². The molecule has 0 aliphatic rings. The molecule has 5 nitrogen and oxygen atoms in total. The Morgan fingerprint density at radius 1 is 1.32 bits per heavy atom. The van der Waals surface area contributed by atoms with Gasteiger partial charge in [-0.15, -0.1) is 0 Å². The molecule has 5 heteroatoms. The number of carbonyl (C=O) groups is 2. The number of nitrogens with one attached hydrogen (secondary N) is 1. The normalized spacial score (nSPS) is 12.1. The third-order valence-corrected chi connectivity index (χ3v) is 2.91. The number of carbonyl (C=O) groups excluding carboxylic acids is 1. The third kappa shape index (κ3) is 3.98. The Hall–Kier alpha value is -2.04. The van der Waals surface area contributed by atoms with Gasteiger partial charge in [0.1, 0.15) is 6.04 Å². The number of nitrogens with zero attached hydrogens (tertiary/aromatic N) is 1. The average Bonchev–Trinajstić information content (AvgIpc) is 2.33. The van der Waals surface area contributed by atoms with Crippen molar-refractivity contribution in [1.82, 2.24) is 5.32 Å². The van der Waals surface area contributed by atoms with Gasteiger partial charge in [-0.2, -0.15) is 0 Å². The molecule has 1 atom stereocenters. The van der Waals surface area contributed by atoms with Crippen molar-refractivity contribution in [2.45, 2.75) is 26.8 Å². The van der Waals surface area contributed by atoms with Crippen molar-refractivity contribution in [3.63, 3.8) is 0 Å². The first-order valence-electron chi connectivity index (χ1n) is 6.16. The van der Waals surface area contributed by atoms with Crippen LogP contribution in [0.3, 0.4) is 0 Å². The van der Waals surface area contributed by atoms with Crippen LogP contribution in [0.2, 0.25) is 0 Å². The highest BCUT2D eigenvalue weighted by atomic mass is 16.4. The second kappa shape index (κ2) is 6.22. The Balaban J connectivity index is 2.80. The number of urea groups is 1. The first kappa shape index (κ1) is 15.0.